The minimum Gasteiger partial charge on any atom is -0.411 e. The quantitative estimate of drug-likeness (QED) is 0.337. The molecule has 12 heteroatoms. The molecule has 3 rings (SSSR count). The summed E-state index contributed by atoms with van der Waals surface area (Å²) in [5, 5.41) is 17.5. The first-order valence-electron chi connectivity index (χ1n) is 8.43. The SMILES string of the molecule is O=C(Cn1nc(C(F)F)cc1C(F)F)N1CCC(c2nc(/C=N\O)cs2)CC1. The normalized spacial score (nSPS) is 16.0. The number of amides is 1. The summed E-state index contributed by atoms with van der Waals surface area (Å²) in [6, 6.07) is 0.630. The molecule has 2 aromatic heterocycles. The number of alkyl halides is 4. The first-order valence-corrected chi connectivity index (χ1v) is 9.31. The van der Waals surface area contributed by atoms with Crippen molar-refractivity contribution in [2.75, 3.05) is 13.1 Å². The largest absolute Gasteiger partial charge is 0.411 e. The number of rotatable bonds is 6. The van der Waals surface area contributed by atoms with Crippen molar-refractivity contribution in [1.82, 2.24) is 19.7 Å². The number of oxime groups is 1. The van der Waals surface area contributed by atoms with Crippen LogP contribution in [0.4, 0.5) is 17.6 Å². The number of aromatic nitrogens is 3. The van der Waals surface area contributed by atoms with Gasteiger partial charge in [0, 0.05) is 24.4 Å². The molecular formula is C16H17F4N5O2S. The van der Waals surface area contributed by atoms with E-state index in [1.165, 1.54) is 22.5 Å². The van der Waals surface area contributed by atoms with Crippen LogP contribution in [-0.2, 0) is 11.3 Å². The number of hydrogen-bond donors (Lipinski definition) is 1. The van der Waals surface area contributed by atoms with Crippen LogP contribution in [-0.4, -0.2) is 50.1 Å². The van der Waals surface area contributed by atoms with Crippen LogP contribution in [0.2, 0.25) is 0 Å². The van der Waals surface area contributed by atoms with E-state index in [2.05, 4.69) is 15.2 Å². The van der Waals surface area contributed by atoms with Crippen LogP contribution >= 0.6 is 11.3 Å². The van der Waals surface area contributed by atoms with E-state index in [1.807, 2.05) is 0 Å². The van der Waals surface area contributed by atoms with E-state index in [4.69, 9.17) is 5.21 Å². The van der Waals surface area contributed by atoms with Crippen LogP contribution in [0.15, 0.2) is 16.6 Å². The highest BCUT2D eigenvalue weighted by Gasteiger charge is 2.28. The lowest BCUT2D eigenvalue weighted by molar-refractivity contribution is -0.133. The van der Waals surface area contributed by atoms with Crippen LogP contribution < -0.4 is 0 Å². The zero-order valence-corrected chi connectivity index (χ0v) is 15.3. The average Bonchev–Trinajstić information content (AvgIpc) is 3.29. The van der Waals surface area contributed by atoms with Gasteiger partial charge in [-0.15, -0.1) is 11.3 Å². The van der Waals surface area contributed by atoms with Gasteiger partial charge in [0.25, 0.3) is 12.9 Å². The standard InChI is InChI=1S/C16H17F4N5O2S/c17-14(18)11-5-12(15(19)20)25(23-11)7-13(26)24-3-1-9(2-4-24)16-22-10(6-21-27)8-28-16/h5-6,8-9,14-15,27H,1-4,7H2/b21-6-. The molecule has 28 heavy (non-hydrogen) atoms. The summed E-state index contributed by atoms with van der Waals surface area (Å²) in [6.45, 7) is 0.296. The number of likely N-dealkylation sites (tertiary alicyclic amines) is 1. The van der Waals surface area contributed by atoms with Gasteiger partial charge in [0.05, 0.1) is 16.9 Å². The van der Waals surface area contributed by atoms with Gasteiger partial charge in [-0.1, -0.05) is 5.16 Å². The van der Waals surface area contributed by atoms with Gasteiger partial charge in [0.2, 0.25) is 5.91 Å². The maximum absolute atomic E-state index is 13.0. The van der Waals surface area contributed by atoms with Gasteiger partial charge in [0.15, 0.2) is 0 Å². The van der Waals surface area contributed by atoms with E-state index in [0.29, 0.717) is 42.4 Å². The lowest BCUT2D eigenvalue weighted by atomic mass is 9.97. The Morgan fingerprint density at radius 3 is 2.64 bits per heavy atom. The molecule has 2 aromatic rings. The summed E-state index contributed by atoms with van der Waals surface area (Å²) in [4.78, 5) is 18.3. The zero-order valence-electron chi connectivity index (χ0n) is 14.5. The summed E-state index contributed by atoms with van der Waals surface area (Å²) in [7, 11) is 0. The fourth-order valence-electron chi connectivity index (χ4n) is 3.07. The van der Waals surface area contributed by atoms with Crippen LogP contribution in [0, 0.1) is 0 Å². The minimum absolute atomic E-state index is 0.140. The van der Waals surface area contributed by atoms with Gasteiger partial charge < -0.3 is 10.1 Å². The van der Waals surface area contributed by atoms with Gasteiger partial charge in [-0.05, 0) is 18.9 Å². The smallest absolute Gasteiger partial charge is 0.282 e. The highest BCUT2D eigenvalue weighted by atomic mass is 32.1. The predicted molar refractivity (Wildman–Crippen MR) is 92.2 cm³/mol. The molecule has 0 aliphatic carbocycles. The van der Waals surface area contributed by atoms with Crippen molar-refractivity contribution >= 4 is 23.5 Å². The summed E-state index contributed by atoms with van der Waals surface area (Å²) < 4.78 is 52.2. The Bertz CT molecular complexity index is 846. The summed E-state index contributed by atoms with van der Waals surface area (Å²) in [6.07, 6.45) is -3.48. The average molecular weight is 419 g/mol. The Morgan fingerprint density at radius 1 is 1.32 bits per heavy atom. The van der Waals surface area contributed by atoms with Gasteiger partial charge in [-0.2, -0.15) is 5.10 Å². The van der Waals surface area contributed by atoms with Crippen molar-refractivity contribution in [1.29, 1.82) is 0 Å². The van der Waals surface area contributed by atoms with Crippen molar-refractivity contribution in [2.24, 2.45) is 5.16 Å². The van der Waals surface area contributed by atoms with Crippen molar-refractivity contribution in [3.05, 3.63) is 33.5 Å². The molecule has 0 saturated carbocycles. The molecule has 1 aliphatic rings. The van der Waals surface area contributed by atoms with Crippen molar-refractivity contribution in [3.63, 3.8) is 0 Å². The zero-order chi connectivity index (χ0) is 20.3. The van der Waals surface area contributed by atoms with E-state index < -0.39 is 36.7 Å². The number of nitrogens with zero attached hydrogens (tertiary/aromatic N) is 5. The number of thiazole rings is 1. The highest BCUT2D eigenvalue weighted by Crippen LogP contribution is 2.30. The van der Waals surface area contributed by atoms with Gasteiger partial charge in [-0.25, -0.2) is 22.5 Å². The number of carbonyl (C=O) groups excluding carboxylic acids is 1. The lowest BCUT2D eigenvalue weighted by Crippen LogP contribution is -2.40. The molecule has 0 atom stereocenters. The van der Waals surface area contributed by atoms with Gasteiger partial charge >= 0.3 is 0 Å². The molecule has 7 nitrogen and oxygen atoms in total. The topological polar surface area (TPSA) is 83.6 Å². The van der Waals surface area contributed by atoms with Gasteiger partial charge in [-0.3, -0.25) is 9.48 Å². The second-order valence-electron chi connectivity index (χ2n) is 6.26. The Kier molecular flexibility index (Phi) is 6.27. The Balaban J connectivity index is 1.61. The second-order valence-corrected chi connectivity index (χ2v) is 7.15. The monoisotopic (exact) mass is 419 g/mol. The Morgan fingerprint density at radius 2 is 2.04 bits per heavy atom. The molecule has 0 bridgehead atoms. The first-order chi connectivity index (χ1) is 13.4. The van der Waals surface area contributed by atoms with E-state index in [0.717, 1.165) is 5.01 Å². The van der Waals surface area contributed by atoms with Gasteiger partial charge in [0.1, 0.15) is 17.9 Å². The van der Waals surface area contributed by atoms with Crippen LogP contribution in [0.1, 0.15) is 53.7 Å². The minimum atomic E-state index is -3.00. The molecular weight excluding hydrogens is 402 g/mol. The van der Waals surface area contributed by atoms with Crippen molar-refractivity contribution in [2.45, 2.75) is 38.2 Å². The molecule has 0 aromatic carbocycles. The number of halogens is 4. The molecule has 1 aliphatic heterocycles. The highest BCUT2D eigenvalue weighted by molar-refractivity contribution is 7.09. The molecule has 1 fully saturated rings. The molecule has 0 radical (unpaired) electrons. The van der Waals surface area contributed by atoms with Crippen molar-refractivity contribution < 1.29 is 27.6 Å². The molecule has 0 unspecified atom stereocenters. The maximum Gasteiger partial charge on any atom is 0.282 e. The fraction of sp³-hybridized carbons (Fsp3) is 0.500. The van der Waals surface area contributed by atoms with Crippen LogP contribution in [0.3, 0.4) is 0 Å². The third-order valence-corrected chi connectivity index (χ3v) is 5.51. The molecule has 0 spiro atoms. The first kappa shape index (κ1) is 20.2. The van der Waals surface area contributed by atoms with E-state index in [9.17, 15) is 22.4 Å². The third-order valence-electron chi connectivity index (χ3n) is 4.49. The molecule has 152 valence electrons. The van der Waals surface area contributed by atoms with E-state index in [-0.39, 0.29) is 5.92 Å². The third kappa shape index (κ3) is 4.49. The number of carbonyl (C=O) groups is 1. The summed E-state index contributed by atoms with van der Waals surface area (Å²) in [5.41, 5.74) is -0.916. The molecule has 1 saturated heterocycles. The summed E-state index contributed by atoms with van der Waals surface area (Å²) >= 11 is 1.43. The Labute approximate surface area is 161 Å². The number of hydrogen-bond acceptors (Lipinski definition) is 6. The predicted octanol–water partition coefficient (Wildman–Crippen LogP) is 3.43. The fourth-order valence-corrected chi connectivity index (χ4v) is 4.01. The van der Waals surface area contributed by atoms with E-state index >= 15 is 0 Å². The van der Waals surface area contributed by atoms with Crippen LogP contribution in [0.5, 0.6) is 0 Å². The van der Waals surface area contributed by atoms with E-state index in [1.54, 1.807) is 5.38 Å². The maximum atomic E-state index is 13.0. The summed E-state index contributed by atoms with van der Waals surface area (Å²) in [5.74, 6) is -0.307. The second kappa shape index (κ2) is 8.67. The Hall–Kier alpha value is -2.50. The lowest BCUT2D eigenvalue weighted by Gasteiger charge is -2.31. The number of piperidine rings is 1. The molecule has 1 N–H and O–H groups in total. The van der Waals surface area contributed by atoms with Crippen LogP contribution in [0.25, 0.3) is 0 Å². The van der Waals surface area contributed by atoms with Crippen molar-refractivity contribution in [3.8, 4) is 0 Å². The molecule has 1 amide bonds. The molecule has 3 heterocycles.